The molecule has 0 unspecified atom stereocenters. The molecule has 1 aliphatic rings. The number of carbonyl (C=O) groups excluding carboxylic acids is 1. The topological polar surface area (TPSA) is 64.6 Å². The first kappa shape index (κ1) is 14.0. The molecule has 0 bridgehead atoms. The molecular formula is C14H21N3O2. The fourth-order valence-corrected chi connectivity index (χ4v) is 2.21. The standard InChI is InChI=1S/C14H21N3O2/c18-11-12-3-1-4-13(9-12)16-14(19)10-17-7-2-5-15-6-8-17/h1,3-4,9,15,18H,2,5-8,10-11H2,(H,16,19). The molecule has 19 heavy (non-hydrogen) atoms. The highest BCUT2D eigenvalue weighted by Crippen LogP contribution is 2.10. The molecule has 0 atom stereocenters. The number of rotatable bonds is 4. The summed E-state index contributed by atoms with van der Waals surface area (Å²) in [7, 11) is 0. The van der Waals surface area contributed by atoms with E-state index in [0.717, 1.165) is 43.9 Å². The number of amides is 1. The zero-order valence-corrected chi connectivity index (χ0v) is 11.1. The van der Waals surface area contributed by atoms with Gasteiger partial charge in [0.2, 0.25) is 5.91 Å². The van der Waals surface area contributed by atoms with Crippen LogP contribution in [0.4, 0.5) is 5.69 Å². The van der Waals surface area contributed by atoms with Gasteiger partial charge in [-0.3, -0.25) is 9.69 Å². The van der Waals surface area contributed by atoms with E-state index < -0.39 is 0 Å². The minimum atomic E-state index is -0.0124. The first-order valence-electron chi connectivity index (χ1n) is 6.70. The smallest absolute Gasteiger partial charge is 0.238 e. The number of benzene rings is 1. The molecule has 0 radical (unpaired) electrons. The summed E-state index contributed by atoms with van der Waals surface area (Å²) < 4.78 is 0. The third-order valence-corrected chi connectivity index (χ3v) is 3.19. The summed E-state index contributed by atoms with van der Waals surface area (Å²) in [5, 5.41) is 15.2. The Kier molecular flexibility index (Phi) is 5.32. The van der Waals surface area contributed by atoms with Gasteiger partial charge in [0.15, 0.2) is 0 Å². The molecule has 0 aliphatic carbocycles. The van der Waals surface area contributed by atoms with Crippen molar-refractivity contribution in [2.75, 3.05) is 38.0 Å². The highest BCUT2D eigenvalue weighted by Gasteiger charge is 2.12. The second-order valence-electron chi connectivity index (χ2n) is 4.79. The van der Waals surface area contributed by atoms with Crippen LogP contribution in [-0.4, -0.2) is 48.6 Å². The van der Waals surface area contributed by atoms with Gasteiger partial charge in [0.1, 0.15) is 0 Å². The quantitative estimate of drug-likeness (QED) is 0.736. The van der Waals surface area contributed by atoms with E-state index in [2.05, 4.69) is 15.5 Å². The van der Waals surface area contributed by atoms with Crippen molar-refractivity contribution in [3.05, 3.63) is 29.8 Å². The summed E-state index contributed by atoms with van der Waals surface area (Å²) in [6.07, 6.45) is 1.08. The first-order chi connectivity index (χ1) is 9.28. The van der Waals surface area contributed by atoms with E-state index in [-0.39, 0.29) is 12.5 Å². The van der Waals surface area contributed by atoms with Gasteiger partial charge in [0.05, 0.1) is 13.2 Å². The van der Waals surface area contributed by atoms with Crippen molar-refractivity contribution in [3.8, 4) is 0 Å². The Labute approximate surface area is 113 Å². The van der Waals surface area contributed by atoms with Crippen LogP contribution in [0.15, 0.2) is 24.3 Å². The highest BCUT2D eigenvalue weighted by atomic mass is 16.3. The average molecular weight is 263 g/mol. The van der Waals surface area contributed by atoms with Crippen LogP contribution in [0.25, 0.3) is 0 Å². The monoisotopic (exact) mass is 263 g/mol. The van der Waals surface area contributed by atoms with Crippen LogP contribution >= 0.6 is 0 Å². The van der Waals surface area contributed by atoms with Gasteiger partial charge in [-0.1, -0.05) is 12.1 Å². The van der Waals surface area contributed by atoms with Crippen LogP contribution in [0.2, 0.25) is 0 Å². The molecule has 1 heterocycles. The third-order valence-electron chi connectivity index (χ3n) is 3.19. The predicted molar refractivity (Wildman–Crippen MR) is 74.9 cm³/mol. The number of carbonyl (C=O) groups is 1. The van der Waals surface area contributed by atoms with Gasteiger partial charge in [-0.05, 0) is 37.2 Å². The van der Waals surface area contributed by atoms with Crippen LogP contribution < -0.4 is 10.6 Å². The summed E-state index contributed by atoms with van der Waals surface area (Å²) in [6, 6.07) is 7.29. The fourth-order valence-electron chi connectivity index (χ4n) is 2.21. The van der Waals surface area contributed by atoms with Crippen LogP contribution in [0.1, 0.15) is 12.0 Å². The lowest BCUT2D eigenvalue weighted by Crippen LogP contribution is -2.35. The summed E-state index contributed by atoms with van der Waals surface area (Å²) in [5.74, 6) is -0.00279. The van der Waals surface area contributed by atoms with Gasteiger partial charge in [-0.2, -0.15) is 0 Å². The lowest BCUT2D eigenvalue weighted by molar-refractivity contribution is -0.117. The van der Waals surface area contributed by atoms with Crippen molar-refractivity contribution < 1.29 is 9.90 Å². The predicted octanol–water partition coefficient (Wildman–Crippen LogP) is 0.413. The molecule has 3 N–H and O–H groups in total. The van der Waals surface area contributed by atoms with Crippen molar-refractivity contribution in [2.24, 2.45) is 0 Å². The van der Waals surface area contributed by atoms with Crippen molar-refractivity contribution in [3.63, 3.8) is 0 Å². The molecular weight excluding hydrogens is 242 g/mol. The highest BCUT2D eigenvalue weighted by molar-refractivity contribution is 5.92. The summed E-state index contributed by atoms with van der Waals surface area (Å²) >= 11 is 0. The molecule has 1 amide bonds. The maximum absolute atomic E-state index is 12.0. The SMILES string of the molecule is O=C(CN1CCCNCC1)Nc1cccc(CO)c1. The van der Waals surface area contributed by atoms with E-state index in [9.17, 15) is 4.79 Å². The van der Waals surface area contributed by atoms with Gasteiger partial charge in [0.25, 0.3) is 0 Å². The second kappa shape index (κ2) is 7.23. The van der Waals surface area contributed by atoms with E-state index in [4.69, 9.17) is 5.11 Å². The Morgan fingerprint density at radius 2 is 2.26 bits per heavy atom. The molecule has 5 nitrogen and oxygen atoms in total. The van der Waals surface area contributed by atoms with E-state index in [1.165, 1.54) is 0 Å². The van der Waals surface area contributed by atoms with Crippen LogP contribution in [0.5, 0.6) is 0 Å². The zero-order valence-electron chi connectivity index (χ0n) is 11.1. The molecule has 2 rings (SSSR count). The largest absolute Gasteiger partial charge is 0.392 e. The number of aliphatic hydroxyl groups excluding tert-OH is 1. The third kappa shape index (κ3) is 4.63. The number of hydrogen-bond donors (Lipinski definition) is 3. The van der Waals surface area contributed by atoms with Gasteiger partial charge >= 0.3 is 0 Å². The Hall–Kier alpha value is -1.43. The van der Waals surface area contributed by atoms with Gasteiger partial charge < -0.3 is 15.7 Å². The van der Waals surface area contributed by atoms with Crippen LogP contribution in [0, 0.1) is 0 Å². The number of hydrogen-bond acceptors (Lipinski definition) is 4. The Morgan fingerprint density at radius 3 is 3.11 bits per heavy atom. The molecule has 1 saturated heterocycles. The fraction of sp³-hybridized carbons (Fsp3) is 0.500. The minimum Gasteiger partial charge on any atom is -0.392 e. The van der Waals surface area contributed by atoms with Crippen molar-refractivity contribution >= 4 is 11.6 Å². The lowest BCUT2D eigenvalue weighted by Gasteiger charge is -2.18. The maximum Gasteiger partial charge on any atom is 0.238 e. The molecule has 104 valence electrons. The zero-order chi connectivity index (χ0) is 13.5. The van der Waals surface area contributed by atoms with E-state index in [1.807, 2.05) is 18.2 Å². The summed E-state index contributed by atoms with van der Waals surface area (Å²) in [6.45, 7) is 4.23. The molecule has 0 aromatic heterocycles. The van der Waals surface area contributed by atoms with Crippen molar-refractivity contribution in [1.29, 1.82) is 0 Å². The second-order valence-corrected chi connectivity index (χ2v) is 4.79. The number of anilines is 1. The minimum absolute atomic E-state index is 0.00279. The van der Waals surface area contributed by atoms with Crippen LogP contribution in [-0.2, 0) is 11.4 Å². The van der Waals surface area contributed by atoms with Crippen molar-refractivity contribution in [2.45, 2.75) is 13.0 Å². The maximum atomic E-state index is 12.0. The molecule has 1 aliphatic heterocycles. The van der Waals surface area contributed by atoms with Gasteiger partial charge in [0, 0.05) is 18.8 Å². The summed E-state index contributed by atoms with van der Waals surface area (Å²) in [5.41, 5.74) is 1.54. The Balaban J connectivity index is 1.85. The number of aliphatic hydroxyl groups is 1. The number of nitrogens with zero attached hydrogens (tertiary/aromatic N) is 1. The van der Waals surface area contributed by atoms with E-state index in [0.29, 0.717) is 6.54 Å². The molecule has 0 spiro atoms. The molecule has 1 fully saturated rings. The van der Waals surface area contributed by atoms with Crippen molar-refractivity contribution in [1.82, 2.24) is 10.2 Å². The van der Waals surface area contributed by atoms with Gasteiger partial charge in [-0.25, -0.2) is 0 Å². The molecule has 5 heteroatoms. The Morgan fingerprint density at radius 1 is 1.37 bits per heavy atom. The number of nitrogens with one attached hydrogen (secondary N) is 2. The normalized spacial score (nSPS) is 16.9. The summed E-state index contributed by atoms with van der Waals surface area (Å²) in [4.78, 5) is 14.1. The van der Waals surface area contributed by atoms with Gasteiger partial charge in [-0.15, -0.1) is 0 Å². The first-order valence-corrected chi connectivity index (χ1v) is 6.70. The Bertz CT molecular complexity index is 415. The van der Waals surface area contributed by atoms with E-state index >= 15 is 0 Å². The van der Waals surface area contributed by atoms with Crippen LogP contribution in [0.3, 0.4) is 0 Å². The average Bonchev–Trinajstić information content (AvgIpc) is 2.67. The molecule has 1 aromatic carbocycles. The van der Waals surface area contributed by atoms with E-state index in [1.54, 1.807) is 6.07 Å². The lowest BCUT2D eigenvalue weighted by atomic mass is 10.2. The molecule has 0 saturated carbocycles. The molecule has 1 aromatic rings.